The molecule has 0 bridgehead atoms. The molecule has 0 spiro atoms. The molecular formula is C20H20N2O5S. The summed E-state index contributed by atoms with van der Waals surface area (Å²) in [5.41, 5.74) is 1.65. The molecule has 1 fully saturated rings. The lowest BCUT2D eigenvalue weighted by molar-refractivity contribution is -0.116. The van der Waals surface area contributed by atoms with E-state index < -0.39 is 10.0 Å². The van der Waals surface area contributed by atoms with Gasteiger partial charge in [0.2, 0.25) is 22.7 Å². The summed E-state index contributed by atoms with van der Waals surface area (Å²) in [5.74, 6) is 1.13. The number of benzene rings is 2. The van der Waals surface area contributed by atoms with E-state index in [1.54, 1.807) is 18.2 Å². The molecule has 8 heteroatoms. The van der Waals surface area contributed by atoms with Gasteiger partial charge >= 0.3 is 0 Å². The van der Waals surface area contributed by atoms with Gasteiger partial charge in [0.15, 0.2) is 11.5 Å². The molecule has 0 aromatic heterocycles. The number of hydrogen-bond donors (Lipinski definition) is 2. The molecular weight excluding hydrogens is 380 g/mol. The predicted molar refractivity (Wildman–Crippen MR) is 103 cm³/mol. The molecule has 1 aliphatic carbocycles. The second-order valence-corrected chi connectivity index (χ2v) is 8.42. The molecule has 1 heterocycles. The standard InChI is InChI=1S/C20H20N2O5S/c23-20(21-12-15-3-9-18-19(11-15)27-13-26-18)10-4-14-1-7-17(8-2-14)28(24,25)22-16-5-6-16/h1-4,7-11,16,22H,5-6,12-13H2,(H,21,23)/b10-4+. The van der Waals surface area contributed by atoms with Gasteiger partial charge in [0, 0.05) is 18.7 Å². The number of carbonyl (C=O) groups excluding carboxylic acids is 1. The van der Waals surface area contributed by atoms with Gasteiger partial charge in [-0.05, 0) is 54.3 Å². The molecule has 7 nitrogen and oxygen atoms in total. The first-order valence-electron chi connectivity index (χ1n) is 8.96. The lowest BCUT2D eigenvalue weighted by Gasteiger charge is -2.05. The lowest BCUT2D eigenvalue weighted by Crippen LogP contribution is -2.25. The zero-order chi connectivity index (χ0) is 19.6. The van der Waals surface area contributed by atoms with E-state index in [1.807, 2.05) is 18.2 Å². The molecule has 1 saturated carbocycles. The Balaban J connectivity index is 1.31. The van der Waals surface area contributed by atoms with Crippen molar-refractivity contribution in [2.45, 2.75) is 30.3 Å². The summed E-state index contributed by atoms with van der Waals surface area (Å²) in [6, 6.07) is 12.0. The van der Waals surface area contributed by atoms with Crippen molar-refractivity contribution in [3.05, 3.63) is 59.7 Å². The van der Waals surface area contributed by atoms with Crippen LogP contribution in [0, 0.1) is 0 Å². The molecule has 0 atom stereocenters. The van der Waals surface area contributed by atoms with Crippen LogP contribution in [0.3, 0.4) is 0 Å². The fourth-order valence-electron chi connectivity index (χ4n) is 2.72. The largest absolute Gasteiger partial charge is 0.454 e. The van der Waals surface area contributed by atoms with Crippen molar-refractivity contribution in [2.75, 3.05) is 6.79 Å². The van der Waals surface area contributed by atoms with Crippen LogP contribution in [0.4, 0.5) is 0 Å². The van der Waals surface area contributed by atoms with Gasteiger partial charge in [0.25, 0.3) is 0 Å². The Morgan fingerprint density at radius 1 is 1.07 bits per heavy atom. The molecule has 0 radical (unpaired) electrons. The van der Waals surface area contributed by atoms with Crippen LogP contribution >= 0.6 is 0 Å². The summed E-state index contributed by atoms with van der Waals surface area (Å²) in [5, 5.41) is 2.80. The molecule has 2 aromatic rings. The minimum atomic E-state index is -3.46. The van der Waals surface area contributed by atoms with E-state index in [4.69, 9.17) is 9.47 Å². The Kier molecular flexibility index (Phi) is 5.06. The minimum Gasteiger partial charge on any atom is -0.454 e. The highest BCUT2D eigenvalue weighted by Gasteiger charge is 2.27. The van der Waals surface area contributed by atoms with E-state index in [0.717, 1.165) is 24.0 Å². The van der Waals surface area contributed by atoms with Crippen molar-refractivity contribution in [3.63, 3.8) is 0 Å². The molecule has 1 amide bonds. The highest BCUT2D eigenvalue weighted by atomic mass is 32.2. The fourth-order valence-corrected chi connectivity index (χ4v) is 4.02. The van der Waals surface area contributed by atoms with Crippen LogP contribution in [0.5, 0.6) is 11.5 Å². The zero-order valence-corrected chi connectivity index (χ0v) is 15.9. The normalized spacial score (nSPS) is 15.7. The van der Waals surface area contributed by atoms with Gasteiger partial charge < -0.3 is 14.8 Å². The number of carbonyl (C=O) groups is 1. The molecule has 0 unspecified atom stereocenters. The third kappa shape index (κ3) is 4.52. The Bertz CT molecular complexity index is 1010. The van der Waals surface area contributed by atoms with Gasteiger partial charge in [-0.1, -0.05) is 18.2 Å². The highest BCUT2D eigenvalue weighted by Crippen LogP contribution is 2.32. The number of fused-ring (bicyclic) bond motifs is 1. The molecule has 4 rings (SSSR count). The summed E-state index contributed by atoms with van der Waals surface area (Å²) >= 11 is 0. The van der Waals surface area contributed by atoms with Gasteiger partial charge in [-0.15, -0.1) is 0 Å². The topological polar surface area (TPSA) is 93.7 Å². The van der Waals surface area contributed by atoms with Crippen molar-refractivity contribution in [2.24, 2.45) is 0 Å². The summed E-state index contributed by atoms with van der Waals surface area (Å²) in [6.45, 7) is 0.578. The average molecular weight is 400 g/mol. The molecule has 28 heavy (non-hydrogen) atoms. The smallest absolute Gasteiger partial charge is 0.244 e. The lowest BCUT2D eigenvalue weighted by atomic mass is 10.2. The molecule has 0 saturated heterocycles. The third-order valence-corrected chi connectivity index (χ3v) is 5.96. The Hall–Kier alpha value is -2.84. The first-order valence-corrected chi connectivity index (χ1v) is 10.4. The number of amides is 1. The van der Waals surface area contributed by atoms with Crippen LogP contribution in [0.25, 0.3) is 6.08 Å². The molecule has 2 N–H and O–H groups in total. The van der Waals surface area contributed by atoms with E-state index in [9.17, 15) is 13.2 Å². The number of sulfonamides is 1. The van der Waals surface area contributed by atoms with Crippen LogP contribution in [0.15, 0.2) is 53.4 Å². The predicted octanol–water partition coefficient (Wildman–Crippen LogP) is 2.19. The second-order valence-electron chi connectivity index (χ2n) is 6.70. The third-order valence-electron chi connectivity index (χ3n) is 4.42. The first kappa shape index (κ1) is 18.5. The SMILES string of the molecule is O=C(/C=C/c1ccc(S(=O)(=O)NC2CC2)cc1)NCc1ccc2c(c1)OCO2. The summed E-state index contributed by atoms with van der Waals surface area (Å²) in [6.07, 6.45) is 4.83. The molecule has 146 valence electrons. The van der Waals surface area contributed by atoms with Crippen LogP contribution in [-0.4, -0.2) is 27.2 Å². The van der Waals surface area contributed by atoms with E-state index in [1.165, 1.54) is 18.2 Å². The van der Waals surface area contributed by atoms with Gasteiger partial charge in [-0.2, -0.15) is 0 Å². The quantitative estimate of drug-likeness (QED) is 0.695. The van der Waals surface area contributed by atoms with Crippen molar-refractivity contribution in [1.82, 2.24) is 10.0 Å². The Morgan fingerprint density at radius 3 is 2.57 bits per heavy atom. The van der Waals surface area contributed by atoms with E-state index in [-0.39, 0.29) is 23.6 Å². The van der Waals surface area contributed by atoms with Crippen LogP contribution in [0.2, 0.25) is 0 Å². The second kappa shape index (κ2) is 7.65. The number of rotatable bonds is 7. The van der Waals surface area contributed by atoms with Gasteiger partial charge in [-0.25, -0.2) is 13.1 Å². The average Bonchev–Trinajstić information content (AvgIpc) is 3.37. The summed E-state index contributed by atoms with van der Waals surface area (Å²) in [7, 11) is -3.46. The van der Waals surface area contributed by atoms with Crippen LogP contribution in [0.1, 0.15) is 24.0 Å². The van der Waals surface area contributed by atoms with Gasteiger partial charge in [0.1, 0.15) is 0 Å². The van der Waals surface area contributed by atoms with Crippen LogP contribution < -0.4 is 19.5 Å². The number of nitrogens with one attached hydrogen (secondary N) is 2. The van der Waals surface area contributed by atoms with Crippen molar-refractivity contribution < 1.29 is 22.7 Å². The monoisotopic (exact) mass is 400 g/mol. The maximum Gasteiger partial charge on any atom is 0.244 e. The maximum atomic E-state index is 12.1. The Labute approximate surface area is 163 Å². The molecule has 2 aliphatic rings. The Morgan fingerprint density at radius 2 is 1.82 bits per heavy atom. The van der Waals surface area contributed by atoms with Gasteiger partial charge in [-0.3, -0.25) is 4.79 Å². The van der Waals surface area contributed by atoms with Crippen LogP contribution in [-0.2, 0) is 21.4 Å². The highest BCUT2D eigenvalue weighted by molar-refractivity contribution is 7.89. The fraction of sp³-hybridized carbons (Fsp3) is 0.250. The van der Waals surface area contributed by atoms with Gasteiger partial charge in [0.05, 0.1) is 4.90 Å². The van der Waals surface area contributed by atoms with E-state index in [2.05, 4.69) is 10.0 Å². The zero-order valence-electron chi connectivity index (χ0n) is 15.1. The number of hydrogen-bond acceptors (Lipinski definition) is 5. The summed E-state index contributed by atoms with van der Waals surface area (Å²) < 4.78 is 37.5. The number of ether oxygens (including phenoxy) is 2. The van der Waals surface area contributed by atoms with Crippen molar-refractivity contribution >= 4 is 22.0 Å². The van der Waals surface area contributed by atoms with E-state index in [0.29, 0.717) is 18.0 Å². The minimum absolute atomic E-state index is 0.0676. The molecule has 1 aliphatic heterocycles. The summed E-state index contributed by atoms with van der Waals surface area (Å²) in [4.78, 5) is 12.2. The molecule has 2 aromatic carbocycles. The van der Waals surface area contributed by atoms with E-state index >= 15 is 0 Å². The first-order chi connectivity index (χ1) is 13.5. The van der Waals surface area contributed by atoms with Crippen molar-refractivity contribution in [3.8, 4) is 11.5 Å². The maximum absolute atomic E-state index is 12.1. The van der Waals surface area contributed by atoms with Crippen molar-refractivity contribution in [1.29, 1.82) is 0 Å².